The van der Waals surface area contributed by atoms with Crippen molar-refractivity contribution in [1.82, 2.24) is 9.13 Å². The van der Waals surface area contributed by atoms with Crippen LogP contribution < -0.4 is 9.47 Å². The van der Waals surface area contributed by atoms with Crippen LogP contribution in [-0.4, -0.2) is 15.9 Å². The molecule has 0 unspecified atom stereocenters. The Balaban J connectivity index is 0.996. The molecule has 0 atom stereocenters. The van der Waals surface area contributed by atoms with Crippen LogP contribution in [0.1, 0.15) is 0 Å². The van der Waals surface area contributed by atoms with Gasteiger partial charge in [0.1, 0.15) is 11.5 Å². The summed E-state index contributed by atoms with van der Waals surface area (Å²) in [6, 6.07) is 50.4. The van der Waals surface area contributed by atoms with E-state index in [1.54, 1.807) is 0 Å². The SMILES string of the molecule is c1ccc2c(c1)c1ccccc1n2-c1ccc(OCOc2ccc(-n3c4ccccc4c4ccccc43)cc2)cc1. The summed E-state index contributed by atoms with van der Waals surface area (Å²) < 4.78 is 16.5. The first-order valence-electron chi connectivity index (χ1n) is 13.8. The minimum Gasteiger partial charge on any atom is -0.458 e. The van der Waals surface area contributed by atoms with Gasteiger partial charge in [-0.05, 0) is 72.8 Å². The fourth-order valence-corrected chi connectivity index (χ4v) is 5.95. The Labute approximate surface area is 237 Å². The van der Waals surface area contributed by atoms with Crippen molar-refractivity contribution in [2.75, 3.05) is 6.79 Å². The predicted octanol–water partition coefficient (Wildman–Crippen LogP) is 9.30. The molecule has 0 bridgehead atoms. The number of fused-ring (bicyclic) bond motifs is 6. The summed E-state index contributed by atoms with van der Waals surface area (Å²) >= 11 is 0. The Morgan fingerprint density at radius 2 is 0.634 bits per heavy atom. The number of ether oxygens (including phenoxy) is 2. The van der Waals surface area contributed by atoms with Gasteiger partial charge in [0.2, 0.25) is 6.79 Å². The van der Waals surface area contributed by atoms with Gasteiger partial charge in [0.15, 0.2) is 0 Å². The van der Waals surface area contributed by atoms with E-state index in [0.717, 1.165) is 22.9 Å². The quantitative estimate of drug-likeness (QED) is 0.200. The second-order valence-corrected chi connectivity index (χ2v) is 10.1. The van der Waals surface area contributed by atoms with Crippen LogP contribution in [-0.2, 0) is 0 Å². The van der Waals surface area contributed by atoms with Gasteiger partial charge in [-0.3, -0.25) is 0 Å². The third-order valence-electron chi connectivity index (χ3n) is 7.80. The van der Waals surface area contributed by atoms with Crippen molar-refractivity contribution in [3.05, 3.63) is 146 Å². The summed E-state index contributed by atoms with van der Waals surface area (Å²) in [5.74, 6) is 1.52. The molecule has 4 heteroatoms. The zero-order valence-electron chi connectivity index (χ0n) is 22.3. The van der Waals surface area contributed by atoms with Gasteiger partial charge >= 0.3 is 0 Å². The molecule has 8 aromatic rings. The first-order valence-corrected chi connectivity index (χ1v) is 13.8. The fourth-order valence-electron chi connectivity index (χ4n) is 5.95. The molecular formula is C37H26N2O2. The Bertz CT molecular complexity index is 1910. The van der Waals surface area contributed by atoms with Crippen molar-refractivity contribution in [2.45, 2.75) is 0 Å². The standard InChI is InChI=1S/C37H26N2O2/c1-5-13-34-30(9-1)31-10-2-6-14-35(31)38(34)26-17-21-28(22-18-26)40-25-41-29-23-19-27(20-24-29)39-36-15-7-3-11-32(36)33-12-4-8-16-37(33)39/h1-24H,25H2. The highest BCUT2D eigenvalue weighted by atomic mass is 16.7. The van der Waals surface area contributed by atoms with Gasteiger partial charge < -0.3 is 18.6 Å². The number of hydrogen-bond acceptors (Lipinski definition) is 2. The summed E-state index contributed by atoms with van der Waals surface area (Å²) in [6.45, 7) is 0.128. The van der Waals surface area contributed by atoms with E-state index in [1.807, 2.05) is 24.3 Å². The van der Waals surface area contributed by atoms with Crippen molar-refractivity contribution < 1.29 is 9.47 Å². The maximum atomic E-state index is 5.94. The zero-order valence-corrected chi connectivity index (χ0v) is 22.3. The molecule has 0 N–H and O–H groups in total. The van der Waals surface area contributed by atoms with Crippen molar-refractivity contribution in [3.63, 3.8) is 0 Å². The lowest BCUT2D eigenvalue weighted by Crippen LogP contribution is -2.06. The minimum atomic E-state index is 0.128. The lowest BCUT2D eigenvalue weighted by molar-refractivity contribution is 0.120. The Hall–Kier alpha value is -5.48. The lowest BCUT2D eigenvalue weighted by Gasteiger charge is -2.12. The highest BCUT2D eigenvalue weighted by molar-refractivity contribution is 6.10. The summed E-state index contributed by atoms with van der Waals surface area (Å²) in [5.41, 5.74) is 6.95. The smallest absolute Gasteiger partial charge is 0.230 e. The van der Waals surface area contributed by atoms with Crippen molar-refractivity contribution in [2.24, 2.45) is 0 Å². The number of para-hydroxylation sites is 4. The van der Waals surface area contributed by atoms with Crippen LogP contribution in [0.2, 0.25) is 0 Å². The third-order valence-corrected chi connectivity index (χ3v) is 7.80. The van der Waals surface area contributed by atoms with Gasteiger partial charge in [0.25, 0.3) is 0 Å². The van der Waals surface area contributed by atoms with Crippen LogP contribution in [0.15, 0.2) is 146 Å². The topological polar surface area (TPSA) is 28.3 Å². The second-order valence-electron chi connectivity index (χ2n) is 10.1. The summed E-state index contributed by atoms with van der Waals surface area (Å²) in [7, 11) is 0. The second kappa shape index (κ2) is 9.61. The minimum absolute atomic E-state index is 0.128. The molecule has 41 heavy (non-hydrogen) atoms. The Morgan fingerprint density at radius 3 is 0.951 bits per heavy atom. The molecule has 6 aromatic carbocycles. The Morgan fingerprint density at radius 1 is 0.341 bits per heavy atom. The number of hydrogen-bond donors (Lipinski definition) is 0. The highest BCUT2D eigenvalue weighted by Crippen LogP contribution is 2.33. The number of rotatable bonds is 6. The number of nitrogens with zero attached hydrogens (tertiary/aromatic N) is 2. The van der Waals surface area contributed by atoms with Gasteiger partial charge in [-0.25, -0.2) is 0 Å². The van der Waals surface area contributed by atoms with Crippen LogP contribution in [0, 0.1) is 0 Å². The largest absolute Gasteiger partial charge is 0.458 e. The van der Waals surface area contributed by atoms with Crippen molar-refractivity contribution >= 4 is 43.6 Å². The molecule has 2 heterocycles. The maximum Gasteiger partial charge on any atom is 0.230 e. The van der Waals surface area contributed by atoms with E-state index < -0.39 is 0 Å². The molecule has 0 radical (unpaired) electrons. The van der Waals surface area contributed by atoms with E-state index in [4.69, 9.17) is 9.47 Å². The summed E-state index contributed by atoms with van der Waals surface area (Å²) in [5, 5.41) is 5.00. The molecule has 0 spiro atoms. The summed E-state index contributed by atoms with van der Waals surface area (Å²) in [4.78, 5) is 0. The van der Waals surface area contributed by atoms with Gasteiger partial charge in [0, 0.05) is 32.9 Å². The molecule has 0 saturated heterocycles. The fraction of sp³-hybridized carbons (Fsp3) is 0.0270. The molecule has 8 rings (SSSR count). The molecule has 0 aliphatic rings. The van der Waals surface area contributed by atoms with Gasteiger partial charge in [-0.2, -0.15) is 0 Å². The number of aromatic nitrogens is 2. The average molecular weight is 531 g/mol. The molecule has 0 amide bonds. The molecule has 0 fully saturated rings. The van der Waals surface area contributed by atoms with Crippen LogP contribution >= 0.6 is 0 Å². The van der Waals surface area contributed by atoms with Crippen LogP contribution in [0.5, 0.6) is 11.5 Å². The normalized spacial score (nSPS) is 11.5. The van der Waals surface area contributed by atoms with E-state index in [9.17, 15) is 0 Å². The molecule has 0 aliphatic carbocycles. The third kappa shape index (κ3) is 3.92. The number of benzene rings is 6. The molecule has 0 saturated carbocycles. The zero-order chi connectivity index (χ0) is 27.2. The summed E-state index contributed by atoms with van der Waals surface area (Å²) in [6.07, 6.45) is 0. The van der Waals surface area contributed by atoms with Crippen LogP contribution in [0.4, 0.5) is 0 Å². The first-order chi connectivity index (χ1) is 20.3. The van der Waals surface area contributed by atoms with Crippen LogP contribution in [0.3, 0.4) is 0 Å². The lowest BCUT2D eigenvalue weighted by atomic mass is 10.2. The van der Waals surface area contributed by atoms with Crippen molar-refractivity contribution in [3.8, 4) is 22.9 Å². The van der Waals surface area contributed by atoms with E-state index in [0.29, 0.717) is 0 Å². The van der Waals surface area contributed by atoms with Crippen LogP contribution in [0.25, 0.3) is 55.0 Å². The molecule has 196 valence electrons. The monoisotopic (exact) mass is 530 g/mol. The molecule has 0 aliphatic heterocycles. The maximum absolute atomic E-state index is 5.94. The first kappa shape index (κ1) is 23.4. The van der Waals surface area contributed by atoms with Gasteiger partial charge in [-0.15, -0.1) is 0 Å². The average Bonchev–Trinajstić information content (AvgIpc) is 3.55. The van der Waals surface area contributed by atoms with Crippen molar-refractivity contribution in [1.29, 1.82) is 0 Å². The molecule has 4 nitrogen and oxygen atoms in total. The molecular weight excluding hydrogens is 504 g/mol. The van der Waals surface area contributed by atoms with E-state index >= 15 is 0 Å². The van der Waals surface area contributed by atoms with E-state index in [2.05, 4.69) is 130 Å². The van der Waals surface area contributed by atoms with E-state index in [1.165, 1.54) is 43.6 Å². The van der Waals surface area contributed by atoms with E-state index in [-0.39, 0.29) is 6.79 Å². The highest BCUT2D eigenvalue weighted by Gasteiger charge is 2.12. The molecule has 2 aromatic heterocycles. The Kier molecular flexibility index (Phi) is 5.49. The predicted molar refractivity (Wildman–Crippen MR) is 168 cm³/mol. The van der Waals surface area contributed by atoms with Gasteiger partial charge in [-0.1, -0.05) is 72.8 Å². The van der Waals surface area contributed by atoms with Gasteiger partial charge in [0.05, 0.1) is 22.1 Å².